The van der Waals surface area contributed by atoms with Gasteiger partial charge in [-0.05, 0) is 35.0 Å². The minimum absolute atomic E-state index is 0.258. The van der Waals surface area contributed by atoms with Gasteiger partial charge in [0.2, 0.25) is 0 Å². The lowest BCUT2D eigenvalue weighted by atomic mass is 10.00. The molecule has 0 aliphatic carbocycles. The maximum atomic E-state index is 13.4. The second kappa shape index (κ2) is 8.32. The predicted molar refractivity (Wildman–Crippen MR) is 126 cm³/mol. The zero-order valence-electron chi connectivity index (χ0n) is 16.7. The van der Waals surface area contributed by atoms with E-state index in [4.69, 9.17) is 9.47 Å². The van der Waals surface area contributed by atoms with Gasteiger partial charge in [-0.2, -0.15) is 0 Å². The molecule has 0 saturated carbocycles. The van der Waals surface area contributed by atoms with Gasteiger partial charge in [0, 0.05) is 21.7 Å². The van der Waals surface area contributed by atoms with Crippen molar-refractivity contribution in [2.24, 2.45) is 0 Å². The highest BCUT2D eigenvalue weighted by atomic mass is 79.9. The molecule has 32 heavy (non-hydrogen) atoms. The number of rotatable bonds is 4. The fourth-order valence-electron chi connectivity index (χ4n) is 3.64. The van der Waals surface area contributed by atoms with Crippen molar-refractivity contribution in [3.63, 3.8) is 0 Å². The van der Waals surface area contributed by atoms with Gasteiger partial charge in [0.25, 0.3) is 5.91 Å². The first kappa shape index (κ1) is 20.0. The molecule has 0 unspecified atom stereocenters. The Bertz CT molecular complexity index is 1410. The third-order valence-electron chi connectivity index (χ3n) is 5.18. The summed E-state index contributed by atoms with van der Waals surface area (Å²) < 4.78 is 11.7. The highest BCUT2D eigenvalue weighted by Gasteiger charge is 2.23. The van der Waals surface area contributed by atoms with Gasteiger partial charge in [-0.3, -0.25) is 9.59 Å². The first-order valence-electron chi connectivity index (χ1n) is 9.86. The van der Waals surface area contributed by atoms with Crippen LogP contribution >= 0.6 is 15.9 Å². The number of nitrogens with one attached hydrogen (secondary N) is 1. The SMILES string of the molecule is O=C(c1ccccc1Br)c1cc2c(cc1NC(=O)c1cccc3ccccc13)OC=CO2. The van der Waals surface area contributed by atoms with Gasteiger partial charge in [0.05, 0.1) is 11.3 Å². The van der Waals surface area contributed by atoms with Crippen molar-refractivity contribution in [1.29, 1.82) is 0 Å². The maximum Gasteiger partial charge on any atom is 0.256 e. The normalized spacial score (nSPS) is 11.9. The Morgan fingerprint density at radius 2 is 1.38 bits per heavy atom. The average Bonchev–Trinajstić information content (AvgIpc) is 2.83. The zero-order valence-corrected chi connectivity index (χ0v) is 18.3. The molecule has 1 aliphatic heterocycles. The number of fused-ring (bicyclic) bond motifs is 2. The molecule has 0 spiro atoms. The summed E-state index contributed by atoms with van der Waals surface area (Å²) in [5, 5.41) is 4.69. The van der Waals surface area contributed by atoms with Gasteiger partial charge in [0.1, 0.15) is 12.5 Å². The first-order valence-corrected chi connectivity index (χ1v) is 10.7. The molecule has 1 amide bonds. The van der Waals surface area contributed by atoms with Crippen LogP contribution in [0.25, 0.3) is 10.8 Å². The minimum atomic E-state index is -0.324. The number of ether oxygens (including phenoxy) is 2. The molecule has 4 aromatic rings. The molecule has 0 bridgehead atoms. The Labute approximate surface area is 192 Å². The molecule has 1 N–H and O–H groups in total. The number of benzene rings is 4. The van der Waals surface area contributed by atoms with E-state index in [2.05, 4.69) is 21.2 Å². The molecular formula is C26H16BrNO4. The van der Waals surface area contributed by atoms with Crippen molar-refractivity contribution >= 4 is 44.1 Å². The van der Waals surface area contributed by atoms with E-state index < -0.39 is 0 Å². The smallest absolute Gasteiger partial charge is 0.256 e. The topological polar surface area (TPSA) is 64.6 Å². The molecule has 6 heteroatoms. The molecule has 156 valence electrons. The highest BCUT2D eigenvalue weighted by Crippen LogP contribution is 2.38. The van der Waals surface area contributed by atoms with Crippen LogP contribution in [0.4, 0.5) is 5.69 Å². The van der Waals surface area contributed by atoms with Crippen molar-refractivity contribution < 1.29 is 19.1 Å². The summed E-state index contributed by atoms with van der Waals surface area (Å²) in [6, 6.07) is 23.5. The van der Waals surface area contributed by atoms with Gasteiger partial charge < -0.3 is 14.8 Å². The summed E-state index contributed by atoms with van der Waals surface area (Å²) in [6.45, 7) is 0. The van der Waals surface area contributed by atoms with E-state index in [1.807, 2.05) is 42.5 Å². The quantitative estimate of drug-likeness (QED) is 0.343. The standard InChI is InChI=1S/C26H16BrNO4/c27-21-11-4-3-9-19(21)25(29)20-14-23-24(32-13-12-31-23)15-22(20)28-26(30)18-10-5-7-16-6-1-2-8-17(16)18/h1-15H,(H,28,30). The van der Waals surface area contributed by atoms with Crippen LogP contribution < -0.4 is 14.8 Å². The Kier molecular flexibility index (Phi) is 5.21. The molecule has 0 atom stereocenters. The second-order valence-corrected chi connectivity index (χ2v) is 8.00. The van der Waals surface area contributed by atoms with Gasteiger partial charge >= 0.3 is 0 Å². The molecular weight excluding hydrogens is 470 g/mol. The highest BCUT2D eigenvalue weighted by molar-refractivity contribution is 9.10. The number of anilines is 1. The van der Waals surface area contributed by atoms with Gasteiger partial charge in [-0.25, -0.2) is 0 Å². The zero-order chi connectivity index (χ0) is 22.1. The van der Waals surface area contributed by atoms with E-state index in [0.29, 0.717) is 38.3 Å². The Morgan fingerprint density at radius 3 is 2.19 bits per heavy atom. The molecule has 1 aliphatic rings. The van der Waals surface area contributed by atoms with Crippen LogP contribution in [0.5, 0.6) is 11.5 Å². The van der Waals surface area contributed by atoms with Crippen molar-refractivity contribution in [2.75, 3.05) is 5.32 Å². The van der Waals surface area contributed by atoms with Gasteiger partial charge in [-0.15, -0.1) is 0 Å². The Hall–Kier alpha value is -3.90. The lowest BCUT2D eigenvalue weighted by molar-refractivity contribution is 0.102. The Morgan fingerprint density at radius 1 is 0.719 bits per heavy atom. The van der Waals surface area contributed by atoms with Crippen molar-refractivity contribution in [3.05, 3.63) is 113 Å². The summed E-state index contributed by atoms with van der Waals surface area (Å²) in [5.41, 5.74) is 1.61. The number of ketones is 1. The van der Waals surface area contributed by atoms with E-state index in [9.17, 15) is 9.59 Å². The number of amides is 1. The number of hydrogen-bond acceptors (Lipinski definition) is 4. The van der Waals surface area contributed by atoms with Crippen LogP contribution in [0.3, 0.4) is 0 Å². The lowest BCUT2D eigenvalue weighted by Gasteiger charge is -2.18. The van der Waals surface area contributed by atoms with Gasteiger partial charge in [0.15, 0.2) is 17.3 Å². The van der Waals surface area contributed by atoms with Crippen LogP contribution in [0.15, 0.2) is 95.9 Å². The monoisotopic (exact) mass is 485 g/mol. The van der Waals surface area contributed by atoms with E-state index >= 15 is 0 Å². The Balaban J connectivity index is 1.59. The van der Waals surface area contributed by atoms with Crippen LogP contribution in [-0.4, -0.2) is 11.7 Å². The molecule has 5 rings (SSSR count). The van der Waals surface area contributed by atoms with E-state index in [1.54, 1.807) is 36.4 Å². The van der Waals surface area contributed by atoms with Crippen LogP contribution in [0, 0.1) is 0 Å². The summed E-state index contributed by atoms with van der Waals surface area (Å²) in [5.74, 6) is 0.220. The number of halogens is 1. The van der Waals surface area contributed by atoms with E-state index in [-0.39, 0.29) is 11.7 Å². The van der Waals surface area contributed by atoms with E-state index in [0.717, 1.165) is 10.8 Å². The van der Waals surface area contributed by atoms with E-state index in [1.165, 1.54) is 12.5 Å². The fraction of sp³-hybridized carbons (Fsp3) is 0. The van der Waals surface area contributed by atoms with Crippen LogP contribution in [0.1, 0.15) is 26.3 Å². The maximum absolute atomic E-state index is 13.4. The molecule has 0 saturated heterocycles. The number of hydrogen-bond donors (Lipinski definition) is 1. The van der Waals surface area contributed by atoms with Crippen LogP contribution in [-0.2, 0) is 0 Å². The predicted octanol–water partition coefficient (Wildman–Crippen LogP) is 6.33. The molecule has 0 fully saturated rings. The molecule has 4 aromatic carbocycles. The second-order valence-electron chi connectivity index (χ2n) is 7.14. The molecule has 5 nitrogen and oxygen atoms in total. The summed E-state index contributed by atoms with van der Waals surface area (Å²) in [4.78, 5) is 26.7. The molecule has 0 aromatic heterocycles. The average molecular weight is 486 g/mol. The third-order valence-corrected chi connectivity index (χ3v) is 5.87. The molecule has 1 heterocycles. The summed E-state index contributed by atoms with van der Waals surface area (Å²) in [6.07, 6.45) is 2.79. The van der Waals surface area contributed by atoms with Crippen molar-refractivity contribution in [3.8, 4) is 11.5 Å². The summed E-state index contributed by atoms with van der Waals surface area (Å²) in [7, 11) is 0. The largest absolute Gasteiger partial charge is 0.458 e. The van der Waals surface area contributed by atoms with Crippen LogP contribution in [0.2, 0.25) is 0 Å². The first-order chi connectivity index (χ1) is 15.6. The third kappa shape index (κ3) is 3.65. The fourth-order valence-corrected chi connectivity index (χ4v) is 4.11. The molecule has 0 radical (unpaired) electrons. The minimum Gasteiger partial charge on any atom is -0.458 e. The van der Waals surface area contributed by atoms with Crippen molar-refractivity contribution in [1.82, 2.24) is 0 Å². The number of carbonyl (C=O) groups excluding carboxylic acids is 2. The van der Waals surface area contributed by atoms with Gasteiger partial charge in [-0.1, -0.05) is 64.5 Å². The number of carbonyl (C=O) groups is 2. The summed E-state index contributed by atoms with van der Waals surface area (Å²) >= 11 is 3.43. The lowest BCUT2D eigenvalue weighted by Crippen LogP contribution is -2.16. The van der Waals surface area contributed by atoms with Crippen molar-refractivity contribution in [2.45, 2.75) is 0 Å².